The molecule has 2 rings (SSSR count). The van der Waals surface area contributed by atoms with Gasteiger partial charge in [-0.05, 0) is 30.3 Å². The van der Waals surface area contributed by atoms with E-state index in [-0.39, 0.29) is 18.0 Å². The fourth-order valence-electron chi connectivity index (χ4n) is 1.68. The van der Waals surface area contributed by atoms with Crippen molar-refractivity contribution in [2.45, 2.75) is 6.54 Å². The maximum atomic E-state index is 13.4. The van der Waals surface area contributed by atoms with Crippen LogP contribution in [0.5, 0.6) is 11.5 Å². The molecule has 2 aromatic rings. The summed E-state index contributed by atoms with van der Waals surface area (Å²) in [7, 11) is 1.50. The van der Waals surface area contributed by atoms with Gasteiger partial charge < -0.3 is 15.2 Å². The number of anilines is 1. The molecule has 0 aliphatic carbocycles. The summed E-state index contributed by atoms with van der Waals surface area (Å²) >= 11 is 0. The molecular weight excluding hydrogens is 252 g/mol. The molecule has 0 spiro atoms. The highest BCUT2D eigenvalue weighted by Crippen LogP contribution is 2.25. The summed E-state index contributed by atoms with van der Waals surface area (Å²) in [5, 5.41) is 12.3. The first-order valence-corrected chi connectivity index (χ1v) is 5.65. The van der Waals surface area contributed by atoms with Gasteiger partial charge in [-0.25, -0.2) is 8.78 Å². The smallest absolute Gasteiger partial charge is 0.149 e. The molecule has 0 fully saturated rings. The van der Waals surface area contributed by atoms with E-state index < -0.39 is 11.6 Å². The third-order valence-electron chi connectivity index (χ3n) is 2.71. The van der Waals surface area contributed by atoms with Gasteiger partial charge in [0.15, 0.2) is 0 Å². The van der Waals surface area contributed by atoms with Crippen molar-refractivity contribution < 1.29 is 18.6 Å². The number of para-hydroxylation sites is 1. The summed E-state index contributed by atoms with van der Waals surface area (Å²) in [5.41, 5.74) is 0.270. The zero-order chi connectivity index (χ0) is 13.8. The Morgan fingerprint density at radius 3 is 2.47 bits per heavy atom. The van der Waals surface area contributed by atoms with E-state index in [4.69, 9.17) is 4.74 Å². The second kappa shape index (κ2) is 5.56. The van der Waals surface area contributed by atoms with E-state index in [9.17, 15) is 13.9 Å². The monoisotopic (exact) mass is 265 g/mol. The Morgan fingerprint density at radius 1 is 1.16 bits per heavy atom. The lowest BCUT2D eigenvalue weighted by molar-refractivity contribution is 0.411. The SMILES string of the molecule is COc1ccc(O)c(CNc2c(F)cccc2F)c1. The fraction of sp³-hybridized carbons (Fsp3) is 0.143. The fourth-order valence-corrected chi connectivity index (χ4v) is 1.68. The van der Waals surface area contributed by atoms with Crippen LogP contribution in [0.4, 0.5) is 14.5 Å². The molecule has 0 aliphatic heterocycles. The summed E-state index contributed by atoms with van der Waals surface area (Å²) in [6, 6.07) is 8.28. The topological polar surface area (TPSA) is 41.5 Å². The normalized spacial score (nSPS) is 10.3. The minimum atomic E-state index is -0.678. The van der Waals surface area contributed by atoms with Crippen molar-refractivity contribution in [3.63, 3.8) is 0 Å². The number of halogens is 2. The minimum absolute atomic E-state index is 0.0325. The molecule has 0 radical (unpaired) electrons. The number of phenols is 1. The van der Waals surface area contributed by atoms with Crippen molar-refractivity contribution in [2.24, 2.45) is 0 Å². The lowest BCUT2D eigenvalue weighted by Gasteiger charge is -2.11. The molecule has 2 aromatic carbocycles. The predicted molar refractivity (Wildman–Crippen MR) is 68.3 cm³/mol. The van der Waals surface area contributed by atoms with Gasteiger partial charge in [-0.2, -0.15) is 0 Å². The number of ether oxygens (including phenoxy) is 1. The van der Waals surface area contributed by atoms with Gasteiger partial charge in [0.1, 0.15) is 28.8 Å². The van der Waals surface area contributed by atoms with Crippen LogP contribution in [0.2, 0.25) is 0 Å². The van der Waals surface area contributed by atoms with Gasteiger partial charge >= 0.3 is 0 Å². The Balaban J connectivity index is 2.19. The van der Waals surface area contributed by atoms with Gasteiger partial charge in [0, 0.05) is 12.1 Å². The third-order valence-corrected chi connectivity index (χ3v) is 2.71. The average molecular weight is 265 g/mol. The molecule has 0 heterocycles. The van der Waals surface area contributed by atoms with Gasteiger partial charge in [0.25, 0.3) is 0 Å². The lowest BCUT2D eigenvalue weighted by Crippen LogP contribution is -2.04. The maximum absolute atomic E-state index is 13.4. The van der Waals surface area contributed by atoms with E-state index in [1.807, 2.05) is 0 Å². The third kappa shape index (κ3) is 2.93. The van der Waals surface area contributed by atoms with E-state index in [1.165, 1.54) is 19.2 Å². The molecule has 0 atom stereocenters. The molecule has 0 aromatic heterocycles. The minimum Gasteiger partial charge on any atom is -0.508 e. The summed E-state index contributed by atoms with van der Waals surface area (Å²) in [6.45, 7) is 0.0842. The largest absolute Gasteiger partial charge is 0.508 e. The Bertz CT molecular complexity index is 567. The van der Waals surface area contributed by atoms with Crippen molar-refractivity contribution >= 4 is 5.69 Å². The van der Waals surface area contributed by atoms with Gasteiger partial charge in [-0.1, -0.05) is 6.07 Å². The first kappa shape index (κ1) is 13.1. The molecule has 0 amide bonds. The molecule has 0 unspecified atom stereocenters. The van der Waals surface area contributed by atoms with E-state index in [2.05, 4.69) is 5.32 Å². The number of rotatable bonds is 4. The Hall–Kier alpha value is -2.30. The van der Waals surface area contributed by atoms with E-state index >= 15 is 0 Å². The first-order valence-electron chi connectivity index (χ1n) is 5.65. The predicted octanol–water partition coefficient (Wildman–Crippen LogP) is 3.29. The first-order chi connectivity index (χ1) is 9.11. The zero-order valence-electron chi connectivity index (χ0n) is 10.3. The van der Waals surface area contributed by atoms with Crippen molar-refractivity contribution in [1.29, 1.82) is 0 Å². The number of phenolic OH excluding ortho intramolecular Hbond substituents is 1. The lowest BCUT2D eigenvalue weighted by atomic mass is 10.2. The Kier molecular flexibility index (Phi) is 3.85. The van der Waals surface area contributed by atoms with Crippen LogP contribution in [-0.2, 0) is 6.54 Å². The second-order valence-corrected chi connectivity index (χ2v) is 3.94. The zero-order valence-corrected chi connectivity index (χ0v) is 10.3. The van der Waals surface area contributed by atoms with Gasteiger partial charge in [-0.15, -0.1) is 0 Å². The van der Waals surface area contributed by atoms with Crippen LogP contribution in [-0.4, -0.2) is 12.2 Å². The van der Waals surface area contributed by atoms with Crippen LogP contribution < -0.4 is 10.1 Å². The van der Waals surface area contributed by atoms with E-state index in [0.29, 0.717) is 11.3 Å². The number of benzene rings is 2. The number of nitrogens with one attached hydrogen (secondary N) is 1. The molecule has 5 heteroatoms. The van der Waals surface area contributed by atoms with Gasteiger partial charge in [-0.3, -0.25) is 0 Å². The van der Waals surface area contributed by atoms with Crippen LogP contribution >= 0.6 is 0 Å². The molecule has 0 bridgehead atoms. The number of methoxy groups -OCH3 is 1. The van der Waals surface area contributed by atoms with Crippen molar-refractivity contribution in [2.75, 3.05) is 12.4 Å². The quantitative estimate of drug-likeness (QED) is 0.891. The van der Waals surface area contributed by atoms with Crippen LogP contribution in [0.3, 0.4) is 0 Å². The standard InChI is InChI=1S/C14H13F2NO2/c1-19-10-5-6-13(18)9(7-10)8-17-14-11(15)3-2-4-12(14)16/h2-7,17-18H,8H2,1H3. The highest BCUT2D eigenvalue weighted by molar-refractivity contribution is 5.48. The summed E-state index contributed by atoms with van der Waals surface area (Å²) in [5.74, 6) is -0.765. The van der Waals surface area contributed by atoms with Crippen LogP contribution in [0.1, 0.15) is 5.56 Å². The molecule has 3 nitrogen and oxygen atoms in total. The Morgan fingerprint density at radius 2 is 1.84 bits per heavy atom. The number of hydrogen-bond donors (Lipinski definition) is 2. The van der Waals surface area contributed by atoms with Crippen LogP contribution in [0.15, 0.2) is 36.4 Å². The highest BCUT2D eigenvalue weighted by atomic mass is 19.1. The molecule has 0 aliphatic rings. The van der Waals surface area contributed by atoms with Crippen LogP contribution in [0, 0.1) is 11.6 Å². The summed E-state index contributed by atoms with van der Waals surface area (Å²) < 4.78 is 31.8. The second-order valence-electron chi connectivity index (χ2n) is 3.94. The summed E-state index contributed by atoms with van der Waals surface area (Å²) in [4.78, 5) is 0. The van der Waals surface area contributed by atoms with Crippen molar-refractivity contribution in [3.8, 4) is 11.5 Å². The molecule has 2 N–H and O–H groups in total. The summed E-state index contributed by atoms with van der Waals surface area (Å²) in [6.07, 6.45) is 0. The molecular formula is C14H13F2NO2. The van der Waals surface area contributed by atoms with Crippen molar-refractivity contribution in [1.82, 2.24) is 0 Å². The number of hydrogen-bond acceptors (Lipinski definition) is 3. The number of aromatic hydroxyl groups is 1. The molecule has 100 valence electrons. The van der Waals surface area contributed by atoms with Gasteiger partial charge in [0.05, 0.1) is 7.11 Å². The van der Waals surface area contributed by atoms with E-state index in [0.717, 1.165) is 12.1 Å². The maximum Gasteiger partial charge on any atom is 0.149 e. The molecule has 19 heavy (non-hydrogen) atoms. The Labute approximate surface area is 109 Å². The highest BCUT2D eigenvalue weighted by Gasteiger charge is 2.09. The van der Waals surface area contributed by atoms with Crippen LogP contribution in [0.25, 0.3) is 0 Å². The average Bonchev–Trinajstić information content (AvgIpc) is 2.40. The molecule has 0 saturated carbocycles. The van der Waals surface area contributed by atoms with Gasteiger partial charge in [0.2, 0.25) is 0 Å². The van der Waals surface area contributed by atoms with Crippen molar-refractivity contribution in [3.05, 3.63) is 53.6 Å². The van der Waals surface area contributed by atoms with E-state index in [1.54, 1.807) is 12.1 Å². The molecule has 0 saturated heterocycles.